The summed E-state index contributed by atoms with van der Waals surface area (Å²) in [4.78, 5) is 0. The van der Waals surface area contributed by atoms with Crippen molar-refractivity contribution in [3.05, 3.63) is 28.2 Å². The van der Waals surface area contributed by atoms with Crippen LogP contribution >= 0.6 is 15.9 Å². The second-order valence-electron chi connectivity index (χ2n) is 4.34. The zero-order chi connectivity index (χ0) is 13.5. The highest BCUT2D eigenvalue weighted by Crippen LogP contribution is 2.28. The van der Waals surface area contributed by atoms with Gasteiger partial charge in [-0.15, -0.1) is 0 Å². The minimum Gasteiger partial charge on any atom is -0.496 e. The van der Waals surface area contributed by atoms with Crippen LogP contribution < -0.4 is 10.1 Å². The van der Waals surface area contributed by atoms with Gasteiger partial charge in [0.2, 0.25) is 0 Å². The van der Waals surface area contributed by atoms with Crippen LogP contribution in [0.3, 0.4) is 0 Å². The van der Waals surface area contributed by atoms with E-state index < -0.39 is 0 Å². The molecule has 0 bridgehead atoms. The fourth-order valence-corrected chi connectivity index (χ4v) is 2.45. The van der Waals surface area contributed by atoms with Crippen molar-refractivity contribution in [1.29, 1.82) is 0 Å². The number of hydrogen-bond donors (Lipinski definition) is 1. The van der Waals surface area contributed by atoms with Crippen LogP contribution in [0.5, 0.6) is 5.75 Å². The molecule has 4 heteroatoms. The summed E-state index contributed by atoms with van der Waals surface area (Å²) < 4.78 is 11.4. The number of ether oxygens (including phenoxy) is 2. The van der Waals surface area contributed by atoms with Crippen molar-refractivity contribution in [2.75, 3.05) is 20.8 Å². The predicted octanol–water partition coefficient (Wildman–Crippen LogP) is 3.53. The third-order valence-corrected chi connectivity index (χ3v) is 3.64. The Morgan fingerprint density at radius 1 is 1.33 bits per heavy atom. The number of methoxy groups -OCH3 is 2. The lowest BCUT2D eigenvalue weighted by Gasteiger charge is -2.22. The molecular weight excluding hydrogens is 294 g/mol. The number of benzene rings is 1. The van der Waals surface area contributed by atoms with Gasteiger partial charge in [0.05, 0.1) is 18.2 Å². The molecule has 102 valence electrons. The van der Waals surface area contributed by atoms with Gasteiger partial charge in [0.15, 0.2) is 0 Å². The first-order chi connectivity index (χ1) is 8.62. The minimum absolute atomic E-state index is 0.285. The summed E-state index contributed by atoms with van der Waals surface area (Å²) in [6.45, 7) is 5.05. The zero-order valence-electron chi connectivity index (χ0n) is 11.5. The molecule has 0 aliphatic heterocycles. The summed E-state index contributed by atoms with van der Waals surface area (Å²) in [6, 6.07) is 6.82. The molecule has 1 N–H and O–H groups in total. The third-order valence-electron chi connectivity index (χ3n) is 3.02. The van der Waals surface area contributed by atoms with Gasteiger partial charge in [-0.2, -0.15) is 0 Å². The van der Waals surface area contributed by atoms with Gasteiger partial charge in [0.1, 0.15) is 5.75 Å². The zero-order valence-corrected chi connectivity index (χ0v) is 13.1. The Morgan fingerprint density at radius 3 is 2.56 bits per heavy atom. The average molecular weight is 316 g/mol. The van der Waals surface area contributed by atoms with Crippen LogP contribution in [0.4, 0.5) is 0 Å². The monoisotopic (exact) mass is 315 g/mol. The standard InChI is InChI=1S/C14H22BrNO2/c1-5-12(9-17-3)16-10(2)11-6-7-14(18-4)13(15)8-11/h6-8,10,12,16H,5,9H2,1-4H3. The normalized spacial score (nSPS) is 14.3. The molecule has 2 atom stereocenters. The Kier molecular flexibility index (Phi) is 6.68. The van der Waals surface area contributed by atoms with Gasteiger partial charge in [-0.3, -0.25) is 0 Å². The second kappa shape index (κ2) is 7.77. The molecule has 0 saturated carbocycles. The van der Waals surface area contributed by atoms with Gasteiger partial charge >= 0.3 is 0 Å². The van der Waals surface area contributed by atoms with E-state index in [9.17, 15) is 0 Å². The van der Waals surface area contributed by atoms with Crippen LogP contribution in [0.1, 0.15) is 31.9 Å². The molecule has 3 nitrogen and oxygen atoms in total. The first-order valence-corrected chi connectivity index (χ1v) is 7.00. The van der Waals surface area contributed by atoms with Crippen LogP contribution in [-0.4, -0.2) is 26.9 Å². The van der Waals surface area contributed by atoms with Gasteiger partial charge in [-0.25, -0.2) is 0 Å². The minimum atomic E-state index is 0.285. The summed E-state index contributed by atoms with van der Waals surface area (Å²) >= 11 is 3.51. The van der Waals surface area contributed by atoms with Crippen LogP contribution in [0.2, 0.25) is 0 Å². The summed E-state index contributed by atoms with van der Waals surface area (Å²) in [5, 5.41) is 3.56. The van der Waals surface area contributed by atoms with E-state index in [0.29, 0.717) is 6.04 Å². The number of halogens is 1. The largest absolute Gasteiger partial charge is 0.496 e. The number of hydrogen-bond acceptors (Lipinski definition) is 3. The smallest absolute Gasteiger partial charge is 0.133 e. The quantitative estimate of drug-likeness (QED) is 0.835. The molecule has 1 rings (SSSR count). The van der Waals surface area contributed by atoms with Crippen molar-refractivity contribution in [2.24, 2.45) is 0 Å². The molecule has 0 aliphatic rings. The molecular formula is C14H22BrNO2. The van der Waals surface area contributed by atoms with Crippen LogP contribution in [-0.2, 0) is 4.74 Å². The van der Waals surface area contributed by atoms with E-state index in [1.807, 2.05) is 6.07 Å². The predicted molar refractivity (Wildman–Crippen MR) is 78.2 cm³/mol. The van der Waals surface area contributed by atoms with Crippen molar-refractivity contribution in [3.8, 4) is 5.75 Å². The van der Waals surface area contributed by atoms with Crippen molar-refractivity contribution in [3.63, 3.8) is 0 Å². The van der Waals surface area contributed by atoms with Gasteiger partial charge in [0, 0.05) is 19.2 Å². The van der Waals surface area contributed by atoms with E-state index in [-0.39, 0.29) is 6.04 Å². The molecule has 18 heavy (non-hydrogen) atoms. The molecule has 0 heterocycles. The lowest BCUT2D eigenvalue weighted by molar-refractivity contribution is 0.159. The van der Waals surface area contributed by atoms with Gasteiger partial charge in [-0.05, 0) is 47.0 Å². The Morgan fingerprint density at radius 2 is 2.06 bits per heavy atom. The van der Waals surface area contributed by atoms with E-state index in [4.69, 9.17) is 9.47 Å². The molecule has 0 spiro atoms. The Labute approximate surface area is 118 Å². The van der Waals surface area contributed by atoms with E-state index in [2.05, 4.69) is 47.2 Å². The van der Waals surface area contributed by atoms with Crippen molar-refractivity contribution >= 4 is 15.9 Å². The summed E-state index contributed by atoms with van der Waals surface area (Å²) in [5.74, 6) is 0.856. The first kappa shape index (κ1) is 15.5. The van der Waals surface area contributed by atoms with Gasteiger partial charge < -0.3 is 14.8 Å². The topological polar surface area (TPSA) is 30.5 Å². The van der Waals surface area contributed by atoms with E-state index in [1.54, 1.807) is 14.2 Å². The molecule has 1 aromatic carbocycles. The van der Waals surface area contributed by atoms with Gasteiger partial charge in [0.25, 0.3) is 0 Å². The maximum absolute atomic E-state index is 5.23. The number of nitrogens with one attached hydrogen (secondary N) is 1. The summed E-state index contributed by atoms with van der Waals surface area (Å²) in [6.07, 6.45) is 1.05. The lowest BCUT2D eigenvalue weighted by atomic mass is 10.1. The maximum Gasteiger partial charge on any atom is 0.133 e. The van der Waals surface area contributed by atoms with Crippen LogP contribution in [0.15, 0.2) is 22.7 Å². The molecule has 2 unspecified atom stereocenters. The highest BCUT2D eigenvalue weighted by Gasteiger charge is 2.13. The molecule has 0 radical (unpaired) electrons. The Bertz CT molecular complexity index is 371. The second-order valence-corrected chi connectivity index (χ2v) is 5.20. The Hall–Kier alpha value is -0.580. The van der Waals surface area contributed by atoms with E-state index >= 15 is 0 Å². The highest BCUT2D eigenvalue weighted by molar-refractivity contribution is 9.10. The molecule has 1 aromatic rings. The van der Waals surface area contributed by atoms with Crippen LogP contribution in [0, 0.1) is 0 Å². The average Bonchev–Trinajstić information content (AvgIpc) is 2.37. The fourth-order valence-electron chi connectivity index (χ4n) is 1.89. The molecule has 0 amide bonds. The summed E-state index contributed by atoms with van der Waals surface area (Å²) in [5.41, 5.74) is 1.23. The van der Waals surface area contributed by atoms with Gasteiger partial charge in [-0.1, -0.05) is 13.0 Å². The molecule has 0 aromatic heterocycles. The van der Waals surface area contributed by atoms with Crippen molar-refractivity contribution in [2.45, 2.75) is 32.4 Å². The summed E-state index contributed by atoms with van der Waals surface area (Å²) in [7, 11) is 3.41. The van der Waals surface area contributed by atoms with Crippen LogP contribution in [0.25, 0.3) is 0 Å². The number of rotatable bonds is 7. The van der Waals surface area contributed by atoms with E-state index in [1.165, 1.54) is 5.56 Å². The van der Waals surface area contributed by atoms with E-state index in [0.717, 1.165) is 23.2 Å². The Balaban J connectivity index is 2.71. The molecule has 0 aliphatic carbocycles. The van der Waals surface area contributed by atoms with Crippen molar-refractivity contribution in [1.82, 2.24) is 5.32 Å². The first-order valence-electron chi connectivity index (χ1n) is 6.20. The fraction of sp³-hybridized carbons (Fsp3) is 0.571. The molecule has 0 fully saturated rings. The van der Waals surface area contributed by atoms with Crippen molar-refractivity contribution < 1.29 is 9.47 Å². The highest BCUT2D eigenvalue weighted by atomic mass is 79.9. The maximum atomic E-state index is 5.23. The lowest BCUT2D eigenvalue weighted by Crippen LogP contribution is -2.34. The SMILES string of the molecule is CCC(COC)NC(C)c1ccc(OC)c(Br)c1. The molecule has 0 saturated heterocycles. The third kappa shape index (κ3) is 4.26.